The maximum Gasteiger partial charge on any atom is 0.256 e. The normalized spacial score (nSPS) is 19.4. The summed E-state index contributed by atoms with van der Waals surface area (Å²) in [6.07, 6.45) is 4.94. The lowest BCUT2D eigenvalue weighted by molar-refractivity contribution is 0.00208. The summed E-state index contributed by atoms with van der Waals surface area (Å²) in [5.74, 6) is 0.00616. The van der Waals surface area contributed by atoms with Gasteiger partial charge in [0.25, 0.3) is 5.91 Å². The highest BCUT2D eigenvalue weighted by molar-refractivity contribution is 7.71. The number of carbonyl (C=O) groups is 1. The molecule has 0 saturated carbocycles. The predicted octanol–water partition coefficient (Wildman–Crippen LogP) is 2.78. The van der Waals surface area contributed by atoms with Gasteiger partial charge in [0.1, 0.15) is 4.64 Å². The van der Waals surface area contributed by atoms with Crippen molar-refractivity contribution in [3.05, 3.63) is 28.5 Å². The van der Waals surface area contributed by atoms with Crippen molar-refractivity contribution >= 4 is 18.1 Å². The third-order valence-corrected chi connectivity index (χ3v) is 3.61. The smallest absolute Gasteiger partial charge is 0.256 e. The van der Waals surface area contributed by atoms with Gasteiger partial charge in [0.05, 0.1) is 11.7 Å². The van der Waals surface area contributed by atoms with E-state index in [-0.39, 0.29) is 12.0 Å². The number of amides is 1. The monoisotopic (exact) mass is 280 g/mol. The zero-order valence-electron chi connectivity index (χ0n) is 11.2. The van der Waals surface area contributed by atoms with Crippen LogP contribution in [0.15, 0.2) is 18.3 Å². The second-order valence-corrected chi connectivity index (χ2v) is 5.21. The first-order valence-corrected chi connectivity index (χ1v) is 7.21. The van der Waals surface area contributed by atoms with E-state index in [1.807, 2.05) is 4.90 Å². The van der Waals surface area contributed by atoms with Crippen molar-refractivity contribution in [2.24, 2.45) is 0 Å². The first-order chi connectivity index (χ1) is 9.22. The number of hydrogen-bond acceptors (Lipinski definition) is 3. The van der Waals surface area contributed by atoms with Crippen molar-refractivity contribution in [1.29, 1.82) is 0 Å². The Hall–Kier alpha value is -1.20. The molecular weight excluding hydrogens is 260 g/mol. The van der Waals surface area contributed by atoms with Crippen LogP contribution in [-0.4, -0.2) is 41.6 Å². The molecule has 19 heavy (non-hydrogen) atoms. The average molecular weight is 280 g/mol. The minimum atomic E-state index is 0.00616. The number of aromatic nitrogens is 1. The summed E-state index contributed by atoms with van der Waals surface area (Å²) in [6.45, 7) is 4.31. The summed E-state index contributed by atoms with van der Waals surface area (Å²) in [5.41, 5.74) is 0.577. The highest BCUT2D eigenvalue weighted by Gasteiger charge is 2.25. The van der Waals surface area contributed by atoms with Gasteiger partial charge < -0.3 is 14.6 Å². The summed E-state index contributed by atoms with van der Waals surface area (Å²) in [4.78, 5) is 17.2. The number of hydrogen-bond donors (Lipinski definition) is 1. The lowest BCUT2D eigenvalue weighted by Gasteiger charge is -2.32. The molecule has 0 aromatic carbocycles. The van der Waals surface area contributed by atoms with Crippen LogP contribution in [0.25, 0.3) is 0 Å². The Labute approximate surface area is 118 Å². The maximum absolute atomic E-state index is 12.4. The molecule has 1 N–H and O–H groups in total. The van der Waals surface area contributed by atoms with Gasteiger partial charge in [0.15, 0.2) is 0 Å². The van der Waals surface area contributed by atoms with Crippen molar-refractivity contribution in [3.63, 3.8) is 0 Å². The molecule has 0 radical (unpaired) electrons. The van der Waals surface area contributed by atoms with Crippen LogP contribution in [0.3, 0.4) is 0 Å². The maximum atomic E-state index is 12.4. The number of ether oxygens (including phenoxy) is 1. The van der Waals surface area contributed by atoms with E-state index in [0.717, 1.165) is 32.4 Å². The average Bonchev–Trinajstić information content (AvgIpc) is 2.45. The second-order valence-electron chi connectivity index (χ2n) is 4.80. The number of piperidine rings is 1. The number of nitrogens with one attached hydrogen (secondary N) is 1. The van der Waals surface area contributed by atoms with Crippen LogP contribution in [0.5, 0.6) is 0 Å². The van der Waals surface area contributed by atoms with Gasteiger partial charge in [-0.25, -0.2) is 0 Å². The van der Waals surface area contributed by atoms with Gasteiger partial charge in [0, 0.05) is 25.9 Å². The van der Waals surface area contributed by atoms with E-state index < -0.39 is 0 Å². The van der Waals surface area contributed by atoms with Crippen LogP contribution < -0.4 is 0 Å². The quantitative estimate of drug-likeness (QED) is 0.863. The molecule has 1 amide bonds. The van der Waals surface area contributed by atoms with Gasteiger partial charge in [-0.2, -0.15) is 0 Å². The van der Waals surface area contributed by atoms with E-state index in [1.54, 1.807) is 18.3 Å². The molecule has 1 saturated heterocycles. The first kappa shape index (κ1) is 14.2. The van der Waals surface area contributed by atoms with Crippen LogP contribution >= 0.6 is 12.2 Å². The van der Waals surface area contributed by atoms with Crippen molar-refractivity contribution in [2.75, 3.05) is 19.7 Å². The Morgan fingerprint density at radius 1 is 1.63 bits per heavy atom. The number of aromatic amines is 1. The molecule has 1 aromatic heterocycles. The number of carbonyl (C=O) groups excluding carboxylic acids is 1. The van der Waals surface area contributed by atoms with Crippen molar-refractivity contribution in [1.82, 2.24) is 9.88 Å². The Bertz CT molecular complexity index is 486. The zero-order valence-corrected chi connectivity index (χ0v) is 12.0. The fraction of sp³-hybridized carbons (Fsp3) is 0.571. The molecule has 0 aliphatic carbocycles. The van der Waals surface area contributed by atoms with Crippen molar-refractivity contribution in [3.8, 4) is 0 Å². The number of H-pyrrole nitrogens is 1. The first-order valence-electron chi connectivity index (χ1n) is 6.81. The van der Waals surface area contributed by atoms with Gasteiger partial charge in [-0.05, 0) is 31.4 Å². The van der Waals surface area contributed by atoms with Crippen molar-refractivity contribution in [2.45, 2.75) is 32.3 Å². The van der Waals surface area contributed by atoms with Gasteiger partial charge in [-0.3, -0.25) is 4.79 Å². The van der Waals surface area contributed by atoms with Gasteiger partial charge >= 0.3 is 0 Å². The SMILES string of the molecule is CCCO[C@H]1CCCN(C(=O)c2ccc[nH]c2=S)C1. The second kappa shape index (κ2) is 6.82. The number of pyridine rings is 1. The van der Waals surface area contributed by atoms with Gasteiger partial charge in [0.2, 0.25) is 0 Å². The molecule has 1 aliphatic rings. The molecule has 2 heterocycles. The Morgan fingerprint density at radius 3 is 3.21 bits per heavy atom. The van der Waals surface area contributed by atoms with Gasteiger partial charge in [-0.1, -0.05) is 19.1 Å². The minimum absolute atomic E-state index is 0.00616. The fourth-order valence-corrected chi connectivity index (χ4v) is 2.53. The van der Waals surface area contributed by atoms with Crippen molar-refractivity contribution < 1.29 is 9.53 Å². The van der Waals surface area contributed by atoms with E-state index in [4.69, 9.17) is 17.0 Å². The predicted molar refractivity (Wildman–Crippen MR) is 76.8 cm³/mol. The fourth-order valence-electron chi connectivity index (χ4n) is 2.30. The topological polar surface area (TPSA) is 45.3 Å². The summed E-state index contributed by atoms with van der Waals surface area (Å²) in [6, 6.07) is 3.58. The molecule has 1 atom stereocenters. The lowest BCUT2D eigenvalue weighted by Crippen LogP contribution is -2.43. The van der Waals surface area contributed by atoms with Crippen LogP contribution in [-0.2, 0) is 4.74 Å². The summed E-state index contributed by atoms with van der Waals surface area (Å²) in [5, 5.41) is 0. The van der Waals surface area contributed by atoms with E-state index >= 15 is 0 Å². The van der Waals surface area contributed by atoms with Crippen LogP contribution in [0.1, 0.15) is 36.5 Å². The molecule has 4 nitrogen and oxygen atoms in total. The van der Waals surface area contributed by atoms with E-state index in [2.05, 4.69) is 11.9 Å². The standard InChI is InChI=1S/C14H20N2O2S/c1-2-9-18-11-5-4-8-16(10-11)14(17)12-6-3-7-15-13(12)19/h3,6-7,11H,2,4-5,8-10H2,1H3,(H,15,19)/t11-/m0/s1. The summed E-state index contributed by atoms with van der Waals surface area (Å²) in [7, 11) is 0. The third kappa shape index (κ3) is 3.64. The molecule has 1 fully saturated rings. The Kier molecular flexibility index (Phi) is 5.10. The zero-order chi connectivity index (χ0) is 13.7. The number of likely N-dealkylation sites (tertiary alicyclic amines) is 1. The summed E-state index contributed by atoms with van der Waals surface area (Å²) < 4.78 is 6.25. The largest absolute Gasteiger partial charge is 0.376 e. The molecule has 5 heteroatoms. The Balaban J connectivity index is 2.03. The molecule has 1 aliphatic heterocycles. The van der Waals surface area contributed by atoms with E-state index in [1.165, 1.54) is 0 Å². The third-order valence-electron chi connectivity index (χ3n) is 3.27. The molecule has 0 bridgehead atoms. The molecule has 2 rings (SSSR count). The van der Waals surface area contributed by atoms with Crippen LogP contribution in [0, 0.1) is 4.64 Å². The Morgan fingerprint density at radius 2 is 2.47 bits per heavy atom. The molecule has 104 valence electrons. The van der Waals surface area contributed by atoms with Crippen LogP contribution in [0.2, 0.25) is 0 Å². The lowest BCUT2D eigenvalue weighted by atomic mass is 10.1. The highest BCUT2D eigenvalue weighted by Crippen LogP contribution is 2.16. The highest BCUT2D eigenvalue weighted by atomic mass is 32.1. The van der Waals surface area contributed by atoms with Gasteiger partial charge in [-0.15, -0.1) is 0 Å². The van der Waals surface area contributed by atoms with E-state index in [0.29, 0.717) is 16.7 Å². The molecular formula is C14H20N2O2S. The summed E-state index contributed by atoms with van der Waals surface area (Å²) >= 11 is 5.16. The van der Waals surface area contributed by atoms with Crippen LogP contribution in [0.4, 0.5) is 0 Å². The molecule has 1 aromatic rings. The molecule has 0 unspecified atom stereocenters. The number of rotatable bonds is 4. The molecule has 0 spiro atoms. The number of nitrogens with zero attached hydrogens (tertiary/aromatic N) is 1. The van der Waals surface area contributed by atoms with E-state index in [9.17, 15) is 4.79 Å². The minimum Gasteiger partial charge on any atom is -0.376 e.